The maximum absolute atomic E-state index is 13.8. The summed E-state index contributed by atoms with van der Waals surface area (Å²) in [5.41, 5.74) is 12.4. The molecule has 0 radical (unpaired) electrons. The van der Waals surface area contributed by atoms with Gasteiger partial charge in [-0.15, -0.1) is 16.5 Å². The Labute approximate surface area is 220 Å². The zero-order valence-corrected chi connectivity index (χ0v) is 22.4. The second-order valence-electron chi connectivity index (χ2n) is 10.9. The van der Waals surface area contributed by atoms with Gasteiger partial charge in [-0.05, 0) is 94.1 Å². The number of pyridine rings is 1. The molecule has 0 saturated carbocycles. The van der Waals surface area contributed by atoms with Crippen molar-refractivity contribution in [1.29, 1.82) is 5.53 Å². The molecule has 3 aromatic heterocycles. The van der Waals surface area contributed by atoms with Crippen LogP contribution in [0, 0.1) is 18.4 Å². The van der Waals surface area contributed by atoms with Gasteiger partial charge in [0.05, 0.1) is 32.3 Å². The number of hydrogen-bond acceptors (Lipinski definition) is 7. The van der Waals surface area contributed by atoms with E-state index >= 15 is 0 Å². The highest BCUT2D eigenvalue weighted by Gasteiger charge is 2.33. The molecule has 2 atom stereocenters. The molecule has 2 aliphatic rings. The molecule has 1 aromatic carbocycles. The summed E-state index contributed by atoms with van der Waals surface area (Å²) in [5, 5.41) is 4.76. The molecule has 192 valence electrons. The van der Waals surface area contributed by atoms with Crippen LogP contribution in [0.5, 0.6) is 0 Å². The Morgan fingerprint density at radius 3 is 2.70 bits per heavy atom. The summed E-state index contributed by atoms with van der Waals surface area (Å²) in [4.78, 5) is 31.0. The van der Waals surface area contributed by atoms with Crippen LogP contribution in [-0.4, -0.2) is 57.3 Å². The predicted octanol–water partition coefficient (Wildman–Crippen LogP) is 6.57. The number of aromatic amines is 1. The average molecular weight is 516 g/mol. The van der Waals surface area contributed by atoms with Gasteiger partial charge in [0, 0.05) is 12.5 Å². The predicted molar refractivity (Wildman–Crippen MR) is 147 cm³/mol. The zero-order valence-electron chi connectivity index (χ0n) is 21.6. The van der Waals surface area contributed by atoms with Crippen LogP contribution >= 0.6 is 11.3 Å². The third kappa shape index (κ3) is 4.55. The minimum absolute atomic E-state index is 0.0121. The molecular formula is C28H33N7OS. The molecule has 2 N–H and O–H groups in total. The van der Waals surface area contributed by atoms with Crippen LogP contribution in [0.1, 0.15) is 71.2 Å². The quantitative estimate of drug-likeness (QED) is 0.300. The van der Waals surface area contributed by atoms with Crippen LogP contribution < -0.4 is 0 Å². The second kappa shape index (κ2) is 9.61. The highest BCUT2D eigenvalue weighted by molar-refractivity contribution is 7.18. The van der Waals surface area contributed by atoms with Crippen LogP contribution in [0.4, 0.5) is 5.82 Å². The van der Waals surface area contributed by atoms with E-state index in [9.17, 15) is 4.79 Å². The number of likely N-dealkylation sites (tertiary alicyclic amines) is 2. The molecule has 0 bridgehead atoms. The lowest BCUT2D eigenvalue weighted by molar-refractivity contribution is 0.0539. The SMILES string of the molecule is Cc1cc2[nH]c(C(=O)N3C[C@@H](C)CCC3c3ccc4sc(C5CCN(C)CC5)nc4c3)cc2nc1N=N. The minimum atomic E-state index is -0.0121. The van der Waals surface area contributed by atoms with Gasteiger partial charge in [-0.1, -0.05) is 13.0 Å². The van der Waals surface area contributed by atoms with E-state index in [0.29, 0.717) is 35.4 Å². The molecule has 1 unspecified atom stereocenters. The van der Waals surface area contributed by atoms with Crippen LogP contribution in [-0.2, 0) is 0 Å². The number of fused-ring (bicyclic) bond motifs is 2. The summed E-state index contributed by atoms with van der Waals surface area (Å²) in [6, 6.07) is 10.3. The summed E-state index contributed by atoms with van der Waals surface area (Å²) in [6.45, 7) is 7.06. The van der Waals surface area contributed by atoms with Gasteiger partial charge in [0.25, 0.3) is 5.91 Å². The lowest BCUT2D eigenvalue weighted by Crippen LogP contribution is -2.41. The Hall–Kier alpha value is -3.17. The molecule has 4 aromatic rings. The maximum Gasteiger partial charge on any atom is 0.270 e. The van der Waals surface area contributed by atoms with Crippen molar-refractivity contribution in [2.45, 2.75) is 51.5 Å². The first kappa shape index (κ1) is 24.2. The fourth-order valence-corrected chi connectivity index (χ4v) is 6.97. The van der Waals surface area contributed by atoms with Gasteiger partial charge >= 0.3 is 0 Å². The topological polar surface area (TPSA) is 101 Å². The van der Waals surface area contributed by atoms with Gasteiger partial charge in [-0.2, -0.15) is 0 Å². The highest BCUT2D eigenvalue weighted by Crippen LogP contribution is 2.38. The Morgan fingerprint density at radius 1 is 1.11 bits per heavy atom. The second-order valence-corrected chi connectivity index (χ2v) is 11.9. The fourth-order valence-electron chi connectivity index (χ4n) is 5.85. The first-order valence-electron chi connectivity index (χ1n) is 13.2. The van der Waals surface area contributed by atoms with Gasteiger partial charge in [0.2, 0.25) is 0 Å². The largest absolute Gasteiger partial charge is 0.349 e. The fraction of sp³-hybridized carbons (Fsp3) is 0.464. The van der Waals surface area contributed by atoms with Crippen LogP contribution in [0.15, 0.2) is 35.4 Å². The summed E-state index contributed by atoms with van der Waals surface area (Å²) in [7, 11) is 2.19. The number of aromatic nitrogens is 3. The molecule has 0 aliphatic carbocycles. The van der Waals surface area contributed by atoms with Gasteiger partial charge in [0.15, 0.2) is 5.82 Å². The number of aryl methyl sites for hydroxylation is 1. The molecule has 2 saturated heterocycles. The molecule has 37 heavy (non-hydrogen) atoms. The summed E-state index contributed by atoms with van der Waals surface area (Å²) in [5.74, 6) is 1.36. The number of carbonyl (C=O) groups is 1. The number of rotatable bonds is 4. The van der Waals surface area contributed by atoms with Crippen molar-refractivity contribution < 1.29 is 4.79 Å². The maximum atomic E-state index is 13.8. The van der Waals surface area contributed by atoms with Crippen molar-refractivity contribution in [3.05, 3.63) is 52.2 Å². The zero-order chi connectivity index (χ0) is 25.7. The summed E-state index contributed by atoms with van der Waals surface area (Å²) < 4.78 is 1.23. The van der Waals surface area contributed by atoms with Crippen LogP contribution in [0.2, 0.25) is 0 Å². The molecule has 2 aliphatic heterocycles. The molecule has 5 heterocycles. The van der Waals surface area contributed by atoms with Gasteiger partial charge < -0.3 is 14.8 Å². The van der Waals surface area contributed by atoms with E-state index in [1.807, 2.05) is 29.2 Å². The molecule has 9 heteroatoms. The van der Waals surface area contributed by atoms with Gasteiger partial charge in [-0.3, -0.25) is 4.79 Å². The molecule has 1 amide bonds. The lowest BCUT2D eigenvalue weighted by atomic mass is 9.89. The molecule has 8 nitrogen and oxygen atoms in total. The van der Waals surface area contributed by atoms with E-state index in [0.717, 1.165) is 48.1 Å². The number of nitrogens with one attached hydrogen (secondary N) is 2. The van der Waals surface area contributed by atoms with Gasteiger partial charge in [-0.25, -0.2) is 15.5 Å². The van der Waals surface area contributed by atoms with Crippen molar-refractivity contribution in [2.24, 2.45) is 11.0 Å². The number of hydrogen-bond donors (Lipinski definition) is 2. The number of thiazole rings is 1. The van der Waals surface area contributed by atoms with E-state index < -0.39 is 0 Å². The average Bonchev–Trinajstić information content (AvgIpc) is 3.51. The van der Waals surface area contributed by atoms with E-state index in [4.69, 9.17) is 10.5 Å². The van der Waals surface area contributed by atoms with Crippen molar-refractivity contribution in [2.75, 3.05) is 26.7 Å². The molecule has 2 fully saturated rings. The van der Waals surface area contributed by atoms with Crippen molar-refractivity contribution >= 4 is 44.3 Å². The van der Waals surface area contributed by atoms with Gasteiger partial charge in [0.1, 0.15) is 5.69 Å². The standard InChI is InChI=1S/C28H33N7OS/c1-16-4-6-24(19-5-7-25-22(13-19)32-27(37-25)18-8-10-34(3)11-9-18)35(15-16)28(36)23-14-21-20(30-23)12-17(2)26(31-21)33-29/h5,7,12-14,16,18,24,29-30H,4,6,8-11,15H2,1-3H3/t16-,24?/m0/s1. The smallest absolute Gasteiger partial charge is 0.270 e. The number of benzene rings is 1. The monoisotopic (exact) mass is 515 g/mol. The van der Waals surface area contributed by atoms with E-state index in [-0.39, 0.29) is 11.9 Å². The summed E-state index contributed by atoms with van der Waals surface area (Å²) in [6.07, 6.45) is 4.36. The number of carbonyl (C=O) groups excluding carboxylic acids is 1. The van der Waals surface area contributed by atoms with Crippen LogP contribution in [0.3, 0.4) is 0 Å². The number of nitrogens with zero attached hydrogens (tertiary/aromatic N) is 5. The Morgan fingerprint density at radius 2 is 1.92 bits per heavy atom. The third-order valence-corrected chi connectivity index (χ3v) is 9.26. The molecular weight excluding hydrogens is 482 g/mol. The third-order valence-electron chi connectivity index (χ3n) is 8.06. The molecule has 0 spiro atoms. The highest BCUT2D eigenvalue weighted by atomic mass is 32.1. The Balaban J connectivity index is 1.30. The minimum Gasteiger partial charge on any atom is -0.349 e. The summed E-state index contributed by atoms with van der Waals surface area (Å²) >= 11 is 1.83. The molecule has 6 rings (SSSR count). The van der Waals surface area contributed by atoms with Crippen molar-refractivity contribution in [3.8, 4) is 0 Å². The first-order valence-corrected chi connectivity index (χ1v) is 14.0. The first-order chi connectivity index (χ1) is 17.9. The normalized spacial score (nSPS) is 21.6. The van der Waals surface area contributed by atoms with Crippen molar-refractivity contribution in [3.63, 3.8) is 0 Å². The van der Waals surface area contributed by atoms with E-state index in [1.165, 1.54) is 22.5 Å². The number of H-pyrrole nitrogens is 1. The van der Waals surface area contributed by atoms with Crippen molar-refractivity contribution in [1.82, 2.24) is 24.8 Å². The Kier molecular flexibility index (Phi) is 6.28. The van der Waals surface area contributed by atoms with E-state index in [2.05, 4.69) is 52.2 Å². The Bertz CT molecular complexity index is 1480. The van der Waals surface area contributed by atoms with Crippen LogP contribution in [0.25, 0.3) is 21.3 Å². The number of piperidine rings is 2. The number of amides is 1. The lowest BCUT2D eigenvalue weighted by Gasteiger charge is -2.38. The van der Waals surface area contributed by atoms with E-state index in [1.54, 1.807) is 6.07 Å².